The number of ether oxygens (including phenoxy) is 1. The molecule has 3 heterocycles. The van der Waals surface area contributed by atoms with Gasteiger partial charge in [0.2, 0.25) is 0 Å². The van der Waals surface area contributed by atoms with Gasteiger partial charge in [0.05, 0.1) is 16.9 Å². The van der Waals surface area contributed by atoms with E-state index in [1.165, 1.54) is 16.8 Å². The van der Waals surface area contributed by atoms with Crippen molar-refractivity contribution >= 4 is 5.82 Å². The number of fused-ring (bicyclic) bond motifs is 1. The smallest absolute Gasteiger partial charge is 0.372 e. The Balaban J connectivity index is 1.86. The van der Waals surface area contributed by atoms with Crippen molar-refractivity contribution in [2.24, 2.45) is 0 Å². The second kappa shape index (κ2) is 5.26. The lowest BCUT2D eigenvalue weighted by Crippen LogP contribution is -2.13. The maximum absolute atomic E-state index is 13.3. The Hall–Kier alpha value is -2.02. The Bertz CT molecular complexity index is 733. The first-order valence-electron chi connectivity index (χ1n) is 7.69. The van der Waals surface area contributed by atoms with Crippen LogP contribution in [0.25, 0.3) is 5.69 Å². The van der Waals surface area contributed by atoms with Crippen LogP contribution < -0.4 is 5.32 Å². The van der Waals surface area contributed by atoms with E-state index in [0.29, 0.717) is 19.0 Å². The van der Waals surface area contributed by atoms with Crippen LogP contribution in [0.4, 0.5) is 19.0 Å². The summed E-state index contributed by atoms with van der Waals surface area (Å²) in [6.45, 7) is 1.39. The monoisotopic (exact) mass is 323 g/mol. The fraction of sp³-hybridized carbons (Fsp3) is 0.438. The van der Waals surface area contributed by atoms with Gasteiger partial charge in [0.1, 0.15) is 11.9 Å². The van der Waals surface area contributed by atoms with Crippen LogP contribution in [0, 0.1) is 0 Å². The van der Waals surface area contributed by atoms with E-state index in [0.717, 1.165) is 36.6 Å². The summed E-state index contributed by atoms with van der Waals surface area (Å²) in [5.74, 6) is 0.659. The van der Waals surface area contributed by atoms with Crippen molar-refractivity contribution in [3.8, 4) is 5.69 Å². The first-order chi connectivity index (χ1) is 11.1. The fourth-order valence-corrected chi connectivity index (χ4v) is 3.33. The number of benzene rings is 1. The average molecular weight is 323 g/mol. The first kappa shape index (κ1) is 14.6. The SMILES string of the molecule is FC(F)(F)c1ccccc1-n1nc(C2CCCO2)c2c1NCC2. The number of halogens is 3. The molecule has 1 aromatic carbocycles. The Morgan fingerprint density at radius 3 is 2.83 bits per heavy atom. The minimum Gasteiger partial charge on any atom is -0.372 e. The standard InChI is InChI=1S/C16H16F3N3O/c17-16(18,19)11-4-1-2-5-12(11)22-15-10(7-8-20-15)14(21-22)13-6-3-9-23-13/h1-2,4-5,13,20H,3,6-9H2. The number of nitrogens with one attached hydrogen (secondary N) is 1. The normalized spacial score (nSPS) is 20.6. The van der Waals surface area contributed by atoms with Crippen molar-refractivity contribution in [3.63, 3.8) is 0 Å². The molecule has 1 N–H and O–H groups in total. The molecule has 23 heavy (non-hydrogen) atoms. The molecule has 122 valence electrons. The van der Waals surface area contributed by atoms with Crippen molar-refractivity contribution in [3.05, 3.63) is 41.1 Å². The van der Waals surface area contributed by atoms with Crippen LogP contribution in [0.15, 0.2) is 24.3 Å². The lowest BCUT2D eigenvalue weighted by molar-refractivity contribution is -0.137. The number of hydrogen-bond acceptors (Lipinski definition) is 3. The molecule has 4 nitrogen and oxygen atoms in total. The van der Waals surface area contributed by atoms with E-state index in [-0.39, 0.29) is 11.8 Å². The van der Waals surface area contributed by atoms with E-state index in [2.05, 4.69) is 10.4 Å². The molecule has 1 unspecified atom stereocenters. The molecule has 1 atom stereocenters. The molecule has 1 fully saturated rings. The molecule has 0 saturated carbocycles. The number of rotatable bonds is 2. The lowest BCUT2D eigenvalue weighted by atomic mass is 10.1. The summed E-state index contributed by atoms with van der Waals surface area (Å²) in [7, 11) is 0. The second-order valence-electron chi connectivity index (χ2n) is 5.82. The Labute approximate surface area is 131 Å². The molecule has 1 aromatic heterocycles. The van der Waals surface area contributed by atoms with Gasteiger partial charge < -0.3 is 10.1 Å². The van der Waals surface area contributed by atoms with Gasteiger partial charge in [-0.25, -0.2) is 4.68 Å². The van der Waals surface area contributed by atoms with Crippen LogP contribution in [0.1, 0.15) is 35.8 Å². The fourth-order valence-electron chi connectivity index (χ4n) is 3.33. The van der Waals surface area contributed by atoms with E-state index in [1.807, 2.05) is 0 Å². The van der Waals surface area contributed by atoms with Gasteiger partial charge in [0, 0.05) is 18.7 Å². The van der Waals surface area contributed by atoms with Crippen LogP contribution in [-0.4, -0.2) is 22.9 Å². The molecule has 7 heteroatoms. The molecule has 4 rings (SSSR count). The van der Waals surface area contributed by atoms with Crippen molar-refractivity contribution < 1.29 is 17.9 Å². The van der Waals surface area contributed by atoms with Crippen molar-refractivity contribution in [1.82, 2.24) is 9.78 Å². The maximum Gasteiger partial charge on any atom is 0.418 e. The van der Waals surface area contributed by atoms with Crippen molar-refractivity contribution in [1.29, 1.82) is 0 Å². The first-order valence-corrected chi connectivity index (χ1v) is 7.69. The Kier molecular flexibility index (Phi) is 3.33. The van der Waals surface area contributed by atoms with Gasteiger partial charge in [0.25, 0.3) is 0 Å². The number of aromatic nitrogens is 2. The molecule has 0 bridgehead atoms. The molecule has 0 aliphatic carbocycles. The molecule has 0 amide bonds. The van der Waals surface area contributed by atoms with Crippen LogP contribution in [0.5, 0.6) is 0 Å². The number of hydrogen-bond donors (Lipinski definition) is 1. The average Bonchev–Trinajstić information content (AvgIpc) is 3.23. The molecule has 2 aliphatic rings. The molecule has 0 radical (unpaired) electrons. The van der Waals surface area contributed by atoms with Crippen molar-refractivity contribution in [2.45, 2.75) is 31.5 Å². The zero-order valence-electron chi connectivity index (χ0n) is 12.4. The summed E-state index contributed by atoms with van der Waals surface area (Å²) in [5, 5.41) is 7.65. The van der Waals surface area contributed by atoms with Gasteiger partial charge in [0.15, 0.2) is 0 Å². The Morgan fingerprint density at radius 1 is 1.26 bits per heavy atom. The predicted octanol–water partition coefficient (Wildman–Crippen LogP) is 3.71. The zero-order valence-corrected chi connectivity index (χ0v) is 12.4. The van der Waals surface area contributed by atoms with Gasteiger partial charge in [-0.1, -0.05) is 12.1 Å². The highest BCUT2D eigenvalue weighted by Crippen LogP contribution is 2.40. The van der Waals surface area contributed by atoms with Gasteiger partial charge in [-0.2, -0.15) is 18.3 Å². The van der Waals surface area contributed by atoms with E-state index in [4.69, 9.17) is 4.74 Å². The van der Waals surface area contributed by atoms with E-state index < -0.39 is 11.7 Å². The van der Waals surface area contributed by atoms with E-state index >= 15 is 0 Å². The third-order valence-electron chi connectivity index (χ3n) is 4.35. The topological polar surface area (TPSA) is 39.1 Å². The molecule has 0 spiro atoms. The molecular weight excluding hydrogens is 307 g/mol. The highest BCUT2D eigenvalue weighted by molar-refractivity contribution is 5.59. The third-order valence-corrected chi connectivity index (χ3v) is 4.35. The minimum atomic E-state index is -4.42. The summed E-state index contributed by atoms with van der Waals surface area (Å²) in [5.41, 5.74) is 1.13. The second-order valence-corrected chi connectivity index (χ2v) is 5.82. The lowest BCUT2D eigenvalue weighted by Gasteiger charge is -2.14. The number of para-hydroxylation sites is 1. The highest BCUT2D eigenvalue weighted by Gasteiger charge is 2.36. The van der Waals surface area contributed by atoms with Gasteiger partial charge in [-0.05, 0) is 31.4 Å². The highest BCUT2D eigenvalue weighted by atomic mass is 19.4. The van der Waals surface area contributed by atoms with E-state index in [1.54, 1.807) is 6.07 Å². The van der Waals surface area contributed by atoms with Crippen LogP contribution >= 0.6 is 0 Å². The molecule has 2 aliphatic heterocycles. The third kappa shape index (κ3) is 2.39. The zero-order chi connectivity index (χ0) is 16.0. The minimum absolute atomic E-state index is 0.0508. The predicted molar refractivity (Wildman–Crippen MR) is 78.7 cm³/mol. The summed E-state index contributed by atoms with van der Waals surface area (Å²) < 4.78 is 47.0. The van der Waals surface area contributed by atoms with Crippen LogP contribution in [0.3, 0.4) is 0 Å². The number of alkyl halides is 3. The summed E-state index contributed by atoms with van der Waals surface area (Å²) in [4.78, 5) is 0. The van der Waals surface area contributed by atoms with Gasteiger partial charge in [-0.3, -0.25) is 0 Å². The summed E-state index contributed by atoms with van der Waals surface area (Å²) in [6, 6.07) is 5.53. The van der Waals surface area contributed by atoms with Crippen molar-refractivity contribution in [2.75, 3.05) is 18.5 Å². The largest absolute Gasteiger partial charge is 0.418 e. The molecule has 1 saturated heterocycles. The van der Waals surface area contributed by atoms with Crippen LogP contribution in [0.2, 0.25) is 0 Å². The maximum atomic E-state index is 13.3. The quantitative estimate of drug-likeness (QED) is 0.916. The van der Waals surface area contributed by atoms with Gasteiger partial charge in [-0.15, -0.1) is 0 Å². The Morgan fingerprint density at radius 2 is 2.09 bits per heavy atom. The number of nitrogens with zero attached hydrogens (tertiary/aromatic N) is 2. The number of anilines is 1. The molecule has 2 aromatic rings. The summed E-state index contributed by atoms with van der Waals surface area (Å²) in [6.07, 6.45) is -1.94. The summed E-state index contributed by atoms with van der Waals surface area (Å²) >= 11 is 0. The molecular formula is C16H16F3N3O. The van der Waals surface area contributed by atoms with Crippen LogP contribution in [-0.2, 0) is 17.3 Å². The van der Waals surface area contributed by atoms with E-state index in [9.17, 15) is 13.2 Å². The van der Waals surface area contributed by atoms with Gasteiger partial charge >= 0.3 is 6.18 Å².